The Labute approximate surface area is 324 Å². The van der Waals surface area contributed by atoms with E-state index in [-0.39, 0.29) is 0 Å². The van der Waals surface area contributed by atoms with E-state index >= 15 is 0 Å². The third-order valence-electron chi connectivity index (χ3n) is 11.0. The molecular weight excluding hydrogens is 681 g/mol. The second kappa shape index (κ2) is 13.1. The van der Waals surface area contributed by atoms with Crippen molar-refractivity contribution in [3.63, 3.8) is 0 Å². The lowest BCUT2D eigenvalue weighted by atomic mass is 10.0. The third kappa shape index (κ3) is 5.31. The average molecular weight is 715 g/mol. The molecule has 0 fully saturated rings. The molecule has 0 aliphatic rings. The highest BCUT2D eigenvalue weighted by Gasteiger charge is 2.18. The van der Waals surface area contributed by atoms with E-state index in [9.17, 15) is 0 Å². The summed E-state index contributed by atoms with van der Waals surface area (Å²) in [5.74, 6) is 0.699. The van der Waals surface area contributed by atoms with Crippen molar-refractivity contribution in [2.75, 3.05) is 0 Å². The maximum absolute atomic E-state index is 5.11. The minimum atomic E-state index is 0.699. The van der Waals surface area contributed by atoms with Crippen LogP contribution in [-0.2, 0) is 0 Å². The van der Waals surface area contributed by atoms with E-state index in [0.29, 0.717) is 5.82 Å². The maximum Gasteiger partial charge on any atom is 0.160 e. The Balaban J connectivity index is 1.06. The van der Waals surface area contributed by atoms with Crippen molar-refractivity contribution in [1.82, 2.24) is 19.1 Å². The van der Waals surface area contributed by atoms with Gasteiger partial charge in [0.25, 0.3) is 0 Å². The second-order valence-electron chi connectivity index (χ2n) is 14.3. The van der Waals surface area contributed by atoms with Crippen LogP contribution in [0.3, 0.4) is 0 Å². The van der Waals surface area contributed by atoms with E-state index in [4.69, 9.17) is 9.97 Å². The molecule has 3 aromatic heterocycles. The summed E-state index contributed by atoms with van der Waals surface area (Å²) in [5.41, 5.74) is 13.0. The fraction of sp³-hybridized carbons (Fsp3) is 0. The molecule has 0 spiro atoms. The number of fused-ring (bicyclic) bond motifs is 7. The molecule has 0 saturated carbocycles. The molecule has 0 bridgehead atoms. The zero-order valence-electron chi connectivity index (χ0n) is 30.4. The van der Waals surface area contributed by atoms with Crippen LogP contribution in [0.25, 0.3) is 99.9 Å². The van der Waals surface area contributed by atoms with Crippen molar-refractivity contribution in [2.45, 2.75) is 0 Å². The molecule has 0 unspecified atom stereocenters. The average Bonchev–Trinajstić information content (AvgIpc) is 3.87. The first-order valence-corrected chi connectivity index (χ1v) is 19.0. The number of aromatic nitrogens is 4. The molecule has 0 saturated heterocycles. The summed E-state index contributed by atoms with van der Waals surface area (Å²) < 4.78 is 4.72. The van der Waals surface area contributed by atoms with E-state index in [1.54, 1.807) is 0 Å². The molecule has 0 atom stereocenters. The smallest absolute Gasteiger partial charge is 0.160 e. The molecule has 0 aliphatic carbocycles. The predicted octanol–water partition coefficient (Wildman–Crippen LogP) is 13.3. The zero-order chi connectivity index (χ0) is 37.0. The van der Waals surface area contributed by atoms with Gasteiger partial charge in [-0.15, -0.1) is 0 Å². The zero-order valence-corrected chi connectivity index (χ0v) is 30.4. The van der Waals surface area contributed by atoms with Gasteiger partial charge < -0.3 is 9.13 Å². The van der Waals surface area contributed by atoms with Crippen LogP contribution >= 0.6 is 0 Å². The number of hydrogen-bond donors (Lipinski definition) is 0. The highest BCUT2D eigenvalue weighted by Crippen LogP contribution is 2.40. The first kappa shape index (κ1) is 31.9. The van der Waals surface area contributed by atoms with Crippen molar-refractivity contribution >= 4 is 43.5 Å². The van der Waals surface area contributed by atoms with Gasteiger partial charge >= 0.3 is 0 Å². The maximum atomic E-state index is 5.11. The monoisotopic (exact) mass is 714 g/mol. The summed E-state index contributed by atoms with van der Waals surface area (Å²) in [7, 11) is 0. The fourth-order valence-electron chi connectivity index (χ4n) is 8.33. The molecule has 4 nitrogen and oxygen atoms in total. The van der Waals surface area contributed by atoms with Crippen LogP contribution in [0.4, 0.5) is 0 Å². The Bertz CT molecular complexity index is 3170. The molecule has 0 aliphatic heterocycles. The van der Waals surface area contributed by atoms with E-state index in [2.05, 4.69) is 203 Å². The Morgan fingerprint density at radius 3 is 1.61 bits per heavy atom. The van der Waals surface area contributed by atoms with Gasteiger partial charge in [-0.1, -0.05) is 146 Å². The number of benzene rings is 8. The number of hydrogen-bond acceptors (Lipinski definition) is 2. The summed E-state index contributed by atoms with van der Waals surface area (Å²) in [6, 6.07) is 71.0. The molecule has 11 rings (SSSR count). The third-order valence-corrected chi connectivity index (χ3v) is 11.0. The number of rotatable bonds is 6. The van der Waals surface area contributed by atoms with Crippen LogP contribution in [-0.4, -0.2) is 19.1 Å². The van der Waals surface area contributed by atoms with Gasteiger partial charge in [0.1, 0.15) is 0 Å². The quantitative estimate of drug-likeness (QED) is 0.172. The van der Waals surface area contributed by atoms with E-state index < -0.39 is 0 Å². The SMILES string of the molecule is c1ccc(-c2cc(-c3ccccc3)nc(-c3cccc(-c4cccc(-n5c6ccccc6c6ccc7c8ccn(-c9ccccc9)c8ccc7c65)c4)c3)n2)cc1. The Kier molecular flexibility index (Phi) is 7.46. The highest BCUT2D eigenvalue weighted by molar-refractivity contribution is 6.23. The molecule has 0 radical (unpaired) electrons. The van der Waals surface area contributed by atoms with Crippen molar-refractivity contribution in [2.24, 2.45) is 0 Å². The van der Waals surface area contributed by atoms with Crippen LogP contribution in [0.1, 0.15) is 0 Å². The fourth-order valence-corrected chi connectivity index (χ4v) is 8.33. The van der Waals surface area contributed by atoms with Gasteiger partial charge in [0.05, 0.1) is 27.9 Å². The molecule has 262 valence electrons. The lowest BCUT2D eigenvalue weighted by molar-refractivity contribution is 1.13. The predicted molar refractivity (Wildman–Crippen MR) is 232 cm³/mol. The van der Waals surface area contributed by atoms with Crippen molar-refractivity contribution in [3.8, 4) is 56.4 Å². The molecule has 8 aromatic carbocycles. The lowest BCUT2D eigenvalue weighted by Crippen LogP contribution is -1.97. The molecular formula is C52H34N4. The molecule has 3 heterocycles. The van der Waals surface area contributed by atoms with Crippen LogP contribution in [0.2, 0.25) is 0 Å². The van der Waals surface area contributed by atoms with Gasteiger partial charge in [-0.3, -0.25) is 0 Å². The van der Waals surface area contributed by atoms with Crippen LogP contribution < -0.4 is 0 Å². The van der Waals surface area contributed by atoms with Crippen molar-refractivity contribution < 1.29 is 0 Å². The number of para-hydroxylation sites is 2. The summed E-state index contributed by atoms with van der Waals surface area (Å²) in [6.07, 6.45) is 2.18. The largest absolute Gasteiger partial charge is 0.317 e. The summed E-state index contributed by atoms with van der Waals surface area (Å²) in [4.78, 5) is 10.2. The molecule has 56 heavy (non-hydrogen) atoms. The second-order valence-corrected chi connectivity index (χ2v) is 14.3. The Hall–Kier alpha value is -7.56. The molecule has 11 aromatic rings. The lowest BCUT2D eigenvalue weighted by Gasteiger charge is -2.13. The summed E-state index contributed by atoms with van der Waals surface area (Å²) in [6.45, 7) is 0. The normalized spacial score (nSPS) is 11.6. The first-order valence-electron chi connectivity index (χ1n) is 19.0. The Morgan fingerprint density at radius 2 is 0.857 bits per heavy atom. The molecule has 0 amide bonds. The van der Waals surface area contributed by atoms with Gasteiger partial charge in [-0.25, -0.2) is 9.97 Å². The van der Waals surface area contributed by atoms with E-state index in [0.717, 1.165) is 50.6 Å². The number of nitrogens with zero attached hydrogens (tertiary/aromatic N) is 4. The summed E-state index contributed by atoms with van der Waals surface area (Å²) >= 11 is 0. The van der Waals surface area contributed by atoms with Gasteiger partial charge in [0.2, 0.25) is 0 Å². The van der Waals surface area contributed by atoms with E-state index in [1.165, 1.54) is 43.5 Å². The van der Waals surface area contributed by atoms with Gasteiger partial charge in [-0.05, 0) is 71.1 Å². The molecule has 4 heteroatoms. The standard InChI is InChI=1S/C52H34N4/c1-4-14-35(15-5-1)47-34-48(36-16-6-2-7-17-36)54-52(53-47)39-20-12-18-37(32-39)38-19-13-23-41(33-38)56-50-25-11-10-24-43(50)46-27-26-42-44-30-31-55(40-21-8-3-9-22-40)49(44)29-28-45(42)51(46)56/h1-34H. The highest BCUT2D eigenvalue weighted by atomic mass is 15.0. The van der Waals surface area contributed by atoms with Crippen LogP contribution in [0, 0.1) is 0 Å². The first-order chi connectivity index (χ1) is 27.8. The van der Waals surface area contributed by atoms with E-state index in [1.807, 2.05) is 12.1 Å². The minimum Gasteiger partial charge on any atom is -0.317 e. The topological polar surface area (TPSA) is 35.6 Å². The van der Waals surface area contributed by atoms with Crippen molar-refractivity contribution in [1.29, 1.82) is 0 Å². The van der Waals surface area contributed by atoms with Gasteiger partial charge in [0.15, 0.2) is 5.82 Å². The van der Waals surface area contributed by atoms with Crippen molar-refractivity contribution in [3.05, 3.63) is 206 Å². The van der Waals surface area contributed by atoms with Crippen LogP contribution in [0.15, 0.2) is 206 Å². The van der Waals surface area contributed by atoms with Gasteiger partial charge in [0, 0.05) is 55.8 Å². The Morgan fingerprint density at radius 1 is 0.321 bits per heavy atom. The summed E-state index contributed by atoms with van der Waals surface area (Å²) in [5, 5.41) is 6.19. The van der Waals surface area contributed by atoms with Crippen LogP contribution in [0.5, 0.6) is 0 Å². The van der Waals surface area contributed by atoms with Gasteiger partial charge in [-0.2, -0.15) is 0 Å². The molecule has 0 N–H and O–H groups in total. The minimum absolute atomic E-state index is 0.699.